The van der Waals surface area contributed by atoms with E-state index in [0.29, 0.717) is 0 Å². The molecule has 66 valence electrons. The first-order valence-electron chi connectivity index (χ1n) is 3.71. The number of benzene rings is 1. The predicted molar refractivity (Wildman–Crippen MR) is 42.1 cm³/mol. The smallest absolute Gasteiger partial charge is 0.171 e. The monoisotopic (exact) mass is 172 g/mol. The van der Waals surface area contributed by atoms with Gasteiger partial charge in [0, 0.05) is 5.56 Å². The molecule has 0 aromatic heterocycles. The lowest BCUT2D eigenvalue weighted by molar-refractivity contribution is 0.419. The highest BCUT2D eigenvalue weighted by molar-refractivity contribution is 5.32. The third-order valence-electron chi connectivity index (χ3n) is 1.68. The molecule has 0 heterocycles. The van der Waals surface area contributed by atoms with E-state index in [9.17, 15) is 8.78 Å². The molecule has 0 aliphatic heterocycles. The Kier molecular flexibility index (Phi) is 2.31. The van der Waals surface area contributed by atoms with E-state index < -0.39 is 17.4 Å². The second-order valence-electron chi connectivity index (χ2n) is 2.95. The van der Waals surface area contributed by atoms with Crippen LogP contribution in [0.1, 0.15) is 25.3 Å². The summed E-state index contributed by atoms with van der Waals surface area (Å²) in [5.74, 6) is -2.23. The summed E-state index contributed by atoms with van der Waals surface area (Å²) in [6.45, 7) is 3.34. The molecule has 1 nitrogen and oxygen atoms in total. The Bertz CT molecular complexity index is 295. The standard InChI is InChI=1S/C9H10F2O/c1-5(2)8-6(10)3-4-7(12)9(8)11/h3-5,12H,1-2H3. The summed E-state index contributed by atoms with van der Waals surface area (Å²) in [6.07, 6.45) is 0. The third-order valence-corrected chi connectivity index (χ3v) is 1.68. The van der Waals surface area contributed by atoms with Crippen molar-refractivity contribution < 1.29 is 13.9 Å². The lowest BCUT2D eigenvalue weighted by atomic mass is 10.0. The minimum absolute atomic E-state index is 0.0602. The van der Waals surface area contributed by atoms with Crippen LogP contribution in [0.4, 0.5) is 8.78 Å². The Labute approximate surface area is 69.7 Å². The van der Waals surface area contributed by atoms with Gasteiger partial charge in [-0.15, -0.1) is 0 Å². The van der Waals surface area contributed by atoms with Gasteiger partial charge in [-0.05, 0) is 18.1 Å². The van der Waals surface area contributed by atoms with Gasteiger partial charge in [-0.25, -0.2) is 8.78 Å². The summed E-state index contributed by atoms with van der Waals surface area (Å²) in [7, 11) is 0. The molecule has 0 aliphatic rings. The number of phenols is 1. The van der Waals surface area contributed by atoms with Gasteiger partial charge < -0.3 is 5.11 Å². The van der Waals surface area contributed by atoms with Crippen LogP contribution < -0.4 is 0 Å². The summed E-state index contributed by atoms with van der Waals surface area (Å²) in [4.78, 5) is 0. The molecule has 3 heteroatoms. The molecule has 0 bridgehead atoms. The topological polar surface area (TPSA) is 20.2 Å². The zero-order valence-corrected chi connectivity index (χ0v) is 6.94. The SMILES string of the molecule is CC(C)c1c(F)ccc(O)c1F. The summed E-state index contributed by atoms with van der Waals surface area (Å²) in [5, 5.41) is 8.93. The van der Waals surface area contributed by atoms with E-state index >= 15 is 0 Å². The Balaban J connectivity index is 3.33. The maximum atomic E-state index is 13.0. The van der Waals surface area contributed by atoms with Gasteiger partial charge in [0.25, 0.3) is 0 Å². The highest BCUT2D eigenvalue weighted by Gasteiger charge is 2.15. The maximum absolute atomic E-state index is 13.0. The highest BCUT2D eigenvalue weighted by atomic mass is 19.1. The van der Waals surface area contributed by atoms with Crippen LogP contribution in [-0.2, 0) is 0 Å². The lowest BCUT2D eigenvalue weighted by Gasteiger charge is -2.08. The second-order valence-corrected chi connectivity index (χ2v) is 2.95. The molecule has 0 atom stereocenters. The fourth-order valence-electron chi connectivity index (χ4n) is 1.09. The molecule has 0 spiro atoms. The van der Waals surface area contributed by atoms with Gasteiger partial charge >= 0.3 is 0 Å². The van der Waals surface area contributed by atoms with Crippen LogP contribution in [0.2, 0.25) is 0 Å². The number of phenolic OH excluding ortho intramolecular Hbond substituents is 1. The van der Waals surface area contributed by atoms with Gasteiger partial charge in [0.2, 0.25) is 0 Å². The van der Waals surface area contributed by atoms with E-state index in [1.54, 1.807) is 13.8 Å². The first-order valence-corrected chi connectivity index (χ1v) is 3.71. The lowest BCUT2D eigenvalue weighted by Crippen LogP contribution is -1.97. The van der Waals surface area contributed by atoms with E-state index in [0.717, 1.165) is 12.1 Å². The van der Waals surface area contributed by atoms with Crippen LogP contribution in [0.5, 0.6) is 5.75 Å². The van der Waals surface area contributed by atoms with Crippen molar-refractivity contribution in [3.63, 3.8) is 0 Å². The quantitative estimate of drug-likeness (QED) is 0.690. The van der Waals surface area contributed by atoms with Crippen LogP contribution in [0.3, 0.4) is 0 Å². The Morgan fingerprint density at radius 2 is 1.83 bits per heavy atom. The van der Waals surface area contributed by atoms with E-state index in [2.05, 4.69) is 0 Å². The van der Waals surface area contributed by atoms with Crippen molar-refractivity contribution in [3.8, 4) is 5.75 Å². The minimum atomic E-state index is -0.856. The molecule has 1 rings (SSSR count). The first kappa shape index (κ1) is 8.97. The molecular formula is C9H10F2O. The van der Waals surface area contributed by atoms with Gasteiger partial charge in [0.15, 0.2) is 11.6 Å². The van der Waals surface area contributed by atoms with Crippen LogP contribution >= 0.6 is 0 Å². The van der Waals surface area contributed by atoms with Crippen molar-refractivity contribution in [1.29, 1.82) is 0 Å². The van der Waals surface area contributed by atoms with Crippen molar-refractivity contribution in [1.82, 2.24) is 0 Å². The molecule has 1 aromatic carbocycles. The van der Waals surface area contributed by atoms with Crippen LogP contribution in [0.15, 0.2) is 12.1 Å². The molecule has 0 radical (unpaired) electrons. The number of aromatic hydroxyl groups is 1. The number of hydrogen-bond donors (Lipinski definition) is 1. The average molecular weight is 172 g/mol. The van der Waals surface area contributed by atoms with Crippen molar-refractivity contribution in [2.24, 2.45) is 0 Å². The molecule has 12 heavy (non-hydrogen) atoms. The van der Waals surface area contributed by atoms with Gasteiger partial charge in [-0.3, -0.25) is 0 Å². The van der Waals surface area contributed by atoms with Crippen molar-refractivity contribution in [2.45, 2.75) is 19.8 Å². The summed E-state index contributed by atoms with van der Waals surface area (Å²) >= 11 is 0. The highest BCUT2D eigenvalue weighted by Crippen LogP contribution is 2.27. The molecule has 1 N–H and O–H groups in total. The summed E-state index contributed by atoms with van der Waals surface area (Å²) in [6, 6.07) is 2.07. The summed E-state index contributed by atoms with van der Waals surface area (Å²) in [5.41, 5.74) is -0.0602. The zero-order valence-electron chi connectivity index (χ0n) is 6.94. The van der Waals surface area contributed by atoms with E-state index in [-0.39, 0.29) is 11.5 Å². The summed E-state index contributed by atoms with van der Waals surface area (Å²) < 4.78 is 26.0. The fourth-order valence-corrected chi connectivity index (χ4v) is 1.09. The van der Waals surface area contributed by atoms with Crippen molar-refractivity contribution >= 4 is 0 Å². The van der Waals surface area contributed by atoms with Gasteiger partial charge in [-0.1, -0.05) is 13.8 Å². The number of hydrogen-bond acceptors (Lipinski definition) is 1. The third kappa shape index (κ3) is 1.40. The number of halogens is 2. The van der Waals surface area contributed by atoms with E-state index in [1.165, 1.54) is 0 Å². The van der Waals surface area contributed by atoms with Crippen LogP contribution in [-0.4, -0.2) is 5.11 Å². The molecule has 0 aliphatic carbocycles. The molecule has 0 fully saturated rings. The molecule has 0 saturated carbocycles. The predicted octanol–water partition coefficient (Wildman–Crippen LogP) is 2.79. The second kappa shape index (κ2) is 3.09. The van der Waals surface area contributed by atoms with Crippen molar-refractivity contribution in [2.75, 3.05) is 0 Å². The molecule has 0 saturated heterocycles. The number of rotatable bonds is 1. The Hall–Kier alpha value is -1.12. The molecule has 0 unspecified atom stereocenters. The normalized spacial score (nSPS) is 10.8. The van der Waals surface area contributed by atoms with Crippen molar-refractivity contribution in [3.05, 3.63) is 29.3 Å². The fraction of sp³-hybridized carbons (Fsp3) is 0.333. The zero-order chi connectivity index (χ0) is 9.30. The minimum Gasteiger partial charge on any atom is -0.505 e. The van der Waals surface area contributed by atoms with Gasteiger partial charge in [0.1, 0.15) is 5.82 Å². The maximum Gasteiger partial charge on any atom is 0.171 e. The molecule has 0 amide bonds. The molecule has 1 aromatic rings. The Morgan fingerprint density at radius 3 is 2.25 bits per heavy atom. The largest absolute Gasteiger partial charge is 0.505 e. The average Bonchev–Trinajstić information content (AvgIpc) is 1.97. The first-order chi connectivity index (χ1) is 5.54. The van der Waals surface area contributed by atoms with E-state index in [1.807, 2.05) is 0 Å². The van der Waals surface area contributed by atoms with Gasteiger partial charge in [0.05, 0.1) is 0 Å². The van der Waals surface area contributed by atoms with E-state index in [4.69, 9.17) is 5.11 Å². The van der Waals surface area contributed by atoms with Gasteiger partial charge in [-0.2, -0.15) is 0 Å². The van der Waals surface area contributed by atoms with Crippen LogP contribution in [0, 0.1) is 11.6 Å². The van der Waals surface area contributed by atoms with Crippen LogP contribution in [0.25, 0.3) is 0 Å². The molecular weight excluding hydrogens is 162 g/mol. The Morgan fingerprint density at radius 1 is 1.25 bits per heavy atom.